The lowest BCUT2D eigenvalue weighted by Gasteiger charge is -2.36. The standard InChI is InChI=1S/C14H28N2/c1-12-4-3-5-14(10-12)6-8-16-9-7-15-11-13(16)2/h12-15H,3-11H2,1-2H3/t12?,13-,14?/m1/s1. The number of piperazine rings is 1. The molecule has 16 heavy (non-hydrogen) atoms. The number of nitrogens with zero attached hydrogens (tertiary/aromatic N) is 1. The van der Waals surface area contributed by atoms with Crippen LogP contribution in [0.3, 0.4) is 0 Å². The summed E-state index contributed by atoms with van der Waals surface area (Å²) >= 11 is 0. The van der Waals surface area contributed by atoms with Gasteiger partial charge >= 0.3 is 0 Å². The summed E-state index contributed by atoms with van der Waals surface area (Å²) in [6.07, 6.45) is 7.36. The Balaban J connectivity index is 1.69. The molecule has 1 heterocycles. The zero-order valence-electron chi connectivity index (χ0n) is 11.0. The summed E-state index contributed by atoms with van der Waals surface area (Å²) in [7, 11) is 0. The lowest BCUT2D eigenvalue weighted by atomic mass is 9.81. The molecule has 1 saturated carbocycles. The molecule has 2 nitrogen and oxygen atoms in total. The van der Waals surface area contributed by atoms with Crippen LogP contribution in [0, 0.1) is 11.8 Å². The Bertz CT molecular complexity index is 205. The van der Waals surface area contributed by atoms with Crippen LogP contribution in [0.4, 0.5) is 0 Å². The van der Waals surface area contributed by atoms with Crippen molar-refractivity contribution in [3.63, 3.8) is 0 Å². The molecule has 1 aliphatic heterocycles. The summed E-state index contributed by atoms with van der Waals surface area (Å²) in [5.74, 6) is 2.00. The van der Waals surface area contributed by atoms with Crippen molar-refractivity contribution in [2.75, 3.05) is 26.2 Å². The fraction of sp³-hybridized carbons (Fsp3) is 1.00. The van der Waals surface area contributed by atoms with Crippen LogP contribution in [0.25, 0.3) is 0 Å². The SMILES string of the molecule is CC1CCCC(CCN2CCNC[C@H]2C)C1. The third-order valence-corrected chi connectivity index (χ3v) is 4.51. The second kappa shape index (κ2) is 6.02. The minimum atomic E-state index is 0.745. The maximum atomic E-state index is 3.47. The Labute approximate surface area is 101 Å². The molecule has 0 aromatic rings. The minimum Gasteiger partial charge on any atom is -0.314 e. The molecular formula is C14H28N2. The van der Waals surface area contributed by atoms with E-state index in [4.69, 9.17) is 0 Å². The zero-order valence-corrected chi connectivity index (χ0v) is 11.0. The number of hydrogen-bond acceptors (Lipinski definition) is 2. The van der Waals surface area contributed by atoms with Crippen molar-refractivity contribution < 1.29 is 0 Å². The molecule has 1 aliphatic carbocycles. The molecule has 0 aromatic heterocycles. The monoisotopic (exact) mass is 224 g/mol. The van der Waals surface area contributed by atoms with Crippen molar-refractivity contribution in [2.45, 2.75) is 52.0 Å². The fourth-order valence-corrected chi connectivity index (χ4v) is 3.39. The predicted molar refractivity (Wildman–Crippen MR) is 69.6 cm³/mol. The largest absolute Gasteiger partial charge is 0.314 e. The molecule has 94 valence electrons. The second-order valence-corrected chi connectivity index (χ2v) is 6.02. The first-order valence-electron chi connectivity index (χ1n) is 7.20. The average molecular weight is 224 g/mol. The smallest absolute Gasteiger partial charge is 0.0192 e. The van der Waals surface area contributed by atoms with E-state index in [0.717, 1.165) is 17.9 Å². The van der Waals surface area contributed by atoms with E-state index in [-0.39, 0.29) is 0 Å². The molecule has 0 aromatic carbocycles. The maximum absolute atomic E-state index is 3.47. The molecule has 2 unspecified atom stereocenters. The predicted octanol–water partition coefficient (Wildman–Crippen LogP) is 2.50. The van der Waals surface area contributed by atoms with Crippen molar-refractivity contribution in [3.8, 4) is 0 Å². The highest BCUT2D eigenvalue weighted by Crippen LogP contribution is 2.30. The molecule has 3 atom stereocenters. The van der Waals surface area contributed by atoms with Gasteiger partial charge in [-0.05, 0) is 38.1 Å². The quantitative estimate of drug-likeness (QED) is 0.792. The lowest BCUT2D eigenvalue weighted by Crippen LogP contribution is -2.50. The van der Waals surface area contributed by atoms with Crippen molar-refractivity contribution in [1.82, 2.24) is 10.2 Å². The highest BCUT2D eigenvalue weighted by molar-refractivity contribution is 4.78. The van der Waals surface area contributed by atoms with Crippen LogP contribution in [-0.4, -0.2) is 37.1 Å². The Hall–Kier alpha value is -0.0800. The highest BCUT2D eigenvalue weighted by Gasteiger charge is 2.22. The van der Waals surface area contributed by atoms with Crippen LogP contribution in [0.5, 0.6) is 0 Å². The molecule has 0 bridgehead atoms. The summed E-state index contributed by atoms with van der Waals surface area (Å²) in [6.45, 7) is 9.74. The normalized spacial score (nSPS) is 37.5. The molecule has 0 radical (unpaired) electrons. The van der Waals surface area contributed by atoms with Gasteiger partial charge in [-0.15, -0.1) is 0 Å². The van der Waals surface area contributed by atoms with Crippen molar-refractivity contribution in [2.24, 2.45) is 11.8 Å². The Morgan fingerprint density at radius 3 is 2.88 bits per heavy atom. The van der Waals surface area contributed by atoms with E-state index < -0.39 is 0 Å². The van der Waals surface area contributed by atoms with E-state index in [1.807, 2.05) is 0 Å². The van der Waals surface area contributed by atoms with E-state index >= 15 is 0 Å². The average Bonchev–Trinajstić information content (AvgIpc) is 2.28. The van der Waals surface area contributed by atoms with E-state index in [2.05, 4.69) is 24.1 Å². The summed E-state index contributed by atoms with van der Waals surface area (Å²) in [4.78, 5) is 2.68. The van der Waals surface area contributed by atoms with E-state index in [1.54, 1.807) is 0 Å². The first-order chi connectivity index (χ1) is 7.75. The summed E-state index contributed by atoms with van der Waals surface area (Å²) in [5.41, 5.74) is 0. The van der Waals surface area contributed by atoms with Gasteiger partial charge in [-0.3, -0.25) is 4.90 Å². The van der Waals surface area contributed by atoms with Crippen molar-refractivity contribution in [3.05, 3.63) is 0 Å². The molecule has 0 spiro atoms. The van der Waals surface area contributed by atoms with Crippen LogP contribution in [0.15, 0.2) is 0 Å². The van der Waals surface area contributed by atoms with Gasteiger partial charge in [0.25, 0.3) is 0 Å². The van der Waals surface area contributed by atoms with Crippen molar-refractivity contribution >= 4 is 0 Å². The van der Waals surface area contributed by atoms with Gasteiger partial charge < -0.3 is 5.32 Å². The van der Waals surface area contributed by atoms with Gasteiger partial charge in [0.2, 0.25) is 0 Å². The topological polar surface area (TPSA) is 15.3 Å². The van der Waals surface area contributed by atoms with Crippen LogP contribution >= 0.6 is 0 Å². The van der Waals surface area contributed by atoms with E-state index in [9.17, 15) is 0 Å². The van der Waals surface area contributed by atoms with E-state index in [1.165, 1.54) is 58.3 Å². The molecule has 2 fully saturated rings. The number of nitrogens with one attached hydrogen (secondary N) is 1. The summed E-state index contributed by atoms with van der Waals surface area (Å²) in [6, 6.07) is 0.745. The number of hydrogen-bond donors (Lipinski definition) is 1. The third kappa shape index (κ3) is 3.46. The van der Waals surface area contributed by atoms with Gasteiger partial charge in [-0.2, -0.15) is 0 Å². The summed E-state index contributed by atoms with van der Waals surface area (Å²) < 4.78 is 0. The Morgan fingerprint density at radius 1 is 1.25 bits per heavy atom. The third-order valence-electron chi connectivity index (χ3n) is 4.51. The van der Waals surface area contributed by atoms with Crippen LogP contribution in [0.2, 0.25) is 0 Å². The van der Waals surface area contributed by atoms with Gasteiger partial charge in [0.05, 0.1) is 0 Å². The van der Waals surface area contributed by atoms with Crippen LogP contribution in [-0.2, 0) is 0 Å². The second-order valence-electron chi connectivity index (χ2n) is 6.02. The van der Waals surface area contributed by atoms with Crippen LogP contribution in [0.1, 0.15) is 46.0 Å². The summed E-state index contributed by atoms with van der Waals surface area (Å²) in [5, 5.41) is 3.47. The minimum absolute atomic E-state index is 0.745. The Kier molecular flexibility index (Phi) is 4.66. The molecule has 2 heteroatoms. The van der Waals surface area contributed by atoms with E-state index in [0.29, 0.717) is 0 Å². The molecular weight excluding hydrogens is 196 g/mol. The van der Waals surface area contributed by atoms with Crippen molar-refractivity contribution in [1.29, 1.82) is 0 Å². The molecule has 2 aliphatic rings. The van der Waals surface area contributed by atoms with Gasteiger partial charge in [0, 0.05) is 25.7 Å². The van der Waals surface area contributed by atoms with Gasteiger partial charge in [-0.25, -0.2) is 0 Å². The number of rotatable bonds is 3. The highest BCUT2D eigenvalue weighted by atomic mass is 15.2. The first kappa shape index (κ1) is 12.4. The molecule has 2 rings (SSSR count). The first-order valence-corrected chi connectivity index (χ1v) is 7.20. The Morgan fingerprint density at radius 2 is 2.12 bits per heavy atom. The van der Waals surface area contributed by atoms with Gasteiger partial charge in [0.1, 0.15) is 0 Å². The van der Waals surface area contributed by atoms with Gasteiger partial charge in [-0.1, -0.05) is 26.2 Å². The zero-order chi connectivity index (χ0) is 11.4. The molecule has 0 amide bonds. The fourth-order valence-electron chi connectivity index (χ4n) is 3.39. The maximum Gasteiger partial charge on any atom is 0.0192 e. The lowest BCUT2D eigenvalue weighted by molar-refractivity contribution is 0.150. The molecule has 1 N–H and O–H groups in total. The van der Waals surface area contributed by atoms with Crippen LogP contribution < -0.4 is 5.32 Å². The van der Waals surface area contributed by atoms with Gasteiger partial charge in [0.15, 0.2) is 0 Å². The molecule has 1 saturated heterocycles.